The fourth-order valence-corrected chi connectivity index (χ4v) is 3.88. The molecule has 2 aromatic carbocycles. The van der Waals surface area contributed by atoms with Crippen LogP contribution >= 0.6 is 11.8 Å². The van der Waals surface area contributed by atoms with E-state index in [0.717, 1.165) is 11.3 Å². The molecular formula is C23H20N4O2S. The summed E-state index contributed by atoms with van der Waals surface area (Å²) in [5.74, 6) is 0.305. The average Bonchev–Trinajstić information content (AvgIpc) is 2.76. The number of nitrogens with one attached hydrogen (secondary N) is 1. The zero-order valence-electron chi connectivity index (χ0n) is 16.6. The summed E-state index contributed by atoms with van der Waals surface area (Å²) in [4.78, 5) is 35.0. The maximum absolute atomic E-state index is 13.2. The number of amides is 1. The summed E-state index contributed by atoms with van der Waals surface area (Å²) < 4.78 is 1.47. The first-order valence-corrected chi connectivity index (χ1v) is 10.4. The van der Waals surface area contributed by atoms with Crippen LogP contribution in [0.4, 0.5) is 5.69 Å². The van der Waals surface area contributed by atoms with Gasteiger partial charge in [-0.1, -0.05) is 48.2 Å². The molecule has 0 saturated heterocycles. The Kier molecular flexibility index (Phi) is 5.63. The minimum Gasteiger partial charge on any atom is -0.325 e. The smallest absolute Gasteiger partial charge is 0.267 e. The number of thioether (sulfide) groups is 1. The van der Waals surface area contributed by atoms with Gasteiger partial charge in [-0.05, 0) is 49.7 Å². The second kappa shape index (κ2) is 8.51. The van der Waals surface area contributed by atoms with Gasteiger partial charge < -0.3 is 5.32 Å². The van der Waals surface area contributed by atoms with Crippen LogP contribution < -0.4 is 10.9 Å². The van der Waals surface area contributed by atoms with Gasteiger partial charge in [-0.3, -0.25) is 9.59 Å². The number of nitrogens with zero attached hydrogens (tertiary/aromatic N) is 3. The van der Waals surface area contributed by atoms with E-state index in [0.29, 0.717) is 21.9 Å². The zero-order valence-corrected chi connectivity index (χ0v) is 17.4. The van der Waals surface area contributed by atoms with Crippen LogP contribution in [0.25, 0.3) is 16.7 Å². The fraction of sp³-hybridized carbons (Fsp3) is 0.130. The summed E-state index contributed by atoms with van der Waals surface area (Å²) in [6.45, 7) is 3.72. The van der Waals surface area contributed by atoms with Crippen LogP contribution in [0.15, 0.2) is 82.9 Å². The van der Waals surface area contributed by atoms with Crippen LogP contribution in [0.1, 0.15) is 12.5 Å². The first-order chi connectivity index (χ1) is 14.5. The van der Waals surface area contributed by atoms with Gasteiger partial charge in [-0.15, -0.1) is 0 Å². The summed E-state index contributed by atoms with van der Waals surface area (Å²) in [5, 5.41) is 3.34. The third kappa shape index (κ3) is 4.11. The quantitative estimate of drug-likeness (QED) is 0.390. The largest absolute Gasteiger partial charge is 0.325 e. The number of carbonyl (C=O) groups is 1. The number of anilines is 1. The molecule has 4 aromatic rings. The lowest BCUT2D eigenvalue weighted by atomic mass is 10.2. The second-order valence-electron chi connectivity index (χ2n) is 6.86. The number of pyridine rings is 1. The second-order valence-corrected chi connectivity index (χ2v) is 8.17. The van der Waals surface area contributed by atoms with E-state index in [4.69, 9.17) is 0 Å². The lowest BCUT2D eigenvalue weighted by molar-refractivity contribution is -0.115. The maximum Gasteiger partial charge on any atom is 0.267 e. The third-order valence-electron chi connectivity index (χ3n) is 4.56. The van der Waals surface area contributed by atoms with Crippen LogP contribution in [-0.2, 0) is 4.79 Å². The van der Waals surface area contributed by atoms with E-state index in [9.17, 15) is 9.59 Å². The molecular weight excluding hydrogens is 396 g/mol. The summed E-state index contributed by atoms with van der Waals surface area (Å²) in [6.07, 6.45) is 1.71. The standard InChI is InChI=1S/C23H20N4O2S/c1-15-12-13-20(24-14-15)27-22(29)18-10-6-7-11-19(18)26-23(27)30-16(2)21(28)25-17-8-4-3-5-9-17/h3-14,16H,1-2H3,(H,25,28). The van der Waals surface area contributed by atoms with Crippen molar-refractivity contribution in [1.29, 1.82) is 0 Å². The number of fused-ring (bicyclic) bond motifs is 1. The van der Waals surface area contributed by atoms with Crippen molar-refractivity contribution in [3.63, 3.8) is 0 Å². The Morgan fingerprint density at radius 1 is 1.03 bits per heavy atom. The number of carbonyl (C=O) groups excluding carboxylic acids is 1. The monoisotopic (exact) mass is 416 g/mol. The molecule has 0 radical (unpaired) electrons. The number of para-hydroxylation sites is 2. The fourth-order valence-electron chi connectivity index (χ4n) is 2.96. The van der Waals surface area contributed by atoms with E-state index in [1.54, 1.807) is 37.4 Å². The van der Waals surface area contributed by atoms with Gasteiger partial charge in [0.1, 0.15) is 5.82 Å². The molecule has 1 atom stereocenters. The minimum atomic E-state index is -0.477. The van der Waals surface area contributed by atoms with E-state index < -0.39 is 5.25 Å². The Bertz CT molecular complexity index is 1250. The number of hydrogen-bond acceptors (Lipinski definition) is 5. The Labute approximate surface area is 178 Å². The van der Waals surface area contributed by atoms with Crippen molar-refractivity contribution >= 4 is 34.3 Å². The zero-order chi connectivity index (χ0) is 21.1. The molecule has 2 aromatic heterocycles. The van der Waals surface area contributed by atoms with E-state index in [2.05, 4.69) is 15.3 Å². The predicted molar refractivity (Wildman–Crippen MR) is 120 cm³/mol. The molecule has 0 aliphatic rings. The van der Waals surface area contributed by atoms with Crippen LogP contribution in [0, 0.1) is 6.92 Å². The van der Waals surface area contributed by atoms with Gasteiger partial charge in [0.15, 0.2) is 5.16 Å². The van der Waals surface area contributed by atoms with Crippen molar-refractivity contribution in [3.05, 3.63) is 88.8 Å². The molecule has 150 valence electrons. The molecule has 1 amide bonds. The molecule has 6 nitrogen and oxygen atoms in total. The molecule has 0 fully saturated rings. The van der Waals surface area contributed by atoms with Crippen molar-refractivity contribution in [1.82, 2.24) is 14.5 Å². The summed E-state index contributed by atoms with van der Waals surface area (Å²) in [5.41, 5.74) is 2.09. The van der Waals surface area contributed by atoms with Gasteiger partial charge >= 0.3 is 0 Å². The molecule has 1 N–H and O–H groups in total. The first kappa shape index (κ1) is 19.8. The van der Waals surface area contributed by atoms with E-state index in [-0.39, 0.29) is 11.5 Å². The number of hydrogen-bond donors (Lipinski definition) is 1. The van der Waals surface area contributed by atoms with E-state index in [1.807, 2.05) is 49.4 Å². The van der Waals surface area contributed by atoms with Gasteiger partial charge in [0, 0.05) is 11.9 Å². The highest BCUT2D eigenvalue weighted by Gasteiger charge is 2.21. The average molecular weight is 417 g/mol. The van der Waals surface area contributed by atoms with Crippen LogP contribution in [-0.4, -0.2) is 25.7 Å². The molecule has 0 saturated carbocycles. The highest BCUT2D eigenvalue weighted by atomic mass is 32.2. The summed E-state index contributed by atoms with van der Waals surface area (Å²) in [7, 11) is 0. The third-order valence-corrected chi connectivity index (χ3v) is 5.61. The molecule has 0 aliphatic carbocycles. The molecule has 7 heteroatoms. The Morgan fingerprint density at radius 3 is 2.50 bits per heavy atom. The molecule has 0 spiro atoms. The van der Waals surface area contributed by atoms with Gasteiger partial charge in [0.2, 0.25) is 5.91 Å². The van der Waals surface area contributed by atoms with Crippen molar-refractivity contribution in [2.24, 2.45) is 0 Å². The Morgan fingerprint density at radius 2 is 1.77 bits per heavy atom. The molecule has 2 heterocycles. The SMILES string of the molecule is Cc1ccc(-n2c(SC(C)C(=O)Nc3ccccc3)nc3ccccc3c2=O)nc1. The number of aromatic nitrogens is 3. The lowest BCUT2D eigenvalue weighted by Gasteiger charge is -2.16. The lowest BCUT2D eigenvalue weighted by Crippen LogP contribution is -2.26. The molecule has 30 heavy (non-hydrogen) atoms. The molecule has 1 unspecified atom stereocenters. The highest BCUT2D eigenvalue weighted by molar-refractivity contribution is 8.00. The van der Waals surface area contributed by atoms with Crippen LogP contribution in [0.2, 0.25) is 0 Å². The Balaban J connectivity index is 1.73. The number of benzene rings is 2. The number of aryl methyl sites for hydroxylation is 1. The maximum atomic E-state index is 13.2. The van der Waals surface area contributed by atoms with E-state index >= 15 is 0 Å². The summed E-state index contributed by atoms with van der Waals surface area (Å²) >= 11 is 1.23. The van der Waals surface area contributed by atoms with Crippen molar-refractivity contribution < 1.29 is 4.79 Å². The van der Waals surface area contributed by atoms with Crippen molar-refractivity contribution in [2.45, 2.75) is 24.3 Å². The number of rotatable bonds is 5. The highest BCUT2D eigenvalue weighted by Crippen LogP contribution is 2.25. The van der Waals surface area contributed by atoms with Gasteiger partial charge in [0.05, 0.1) is 16.2 Å². The normalized spacial score (nSPS) is 11.9. The molecule has 4 rings (SSSR count). The van der Waals surface area contributed by atoms with Crippen LogP contribution in [0.3, 0.4) is 0 Å². The van der Waals surface area contributed by atoms with Gasteiger partial charge in [-0.25, -0.2) is 14.5 Å². The van der Waals surface area contributed by atoms with Crippen molar-refractivity contribution in [3.8, 4) is 5.82 Å². The minimum absolute atomic E-state index is 0.169. The molecule has 0 aliphatic heterocycles. The van der Waals surface area contributed by atoms with Crippen molar-refractivity contribution in [2.75, 3.05) is 5.32 Å². The van der Waals surface area contributed by atoms with Crippen LogP contribution in [0.5, 0.6) is 0 Å². The van der Waals surface area contributed by atoms with Gasteiger partial charge in [-0.2, -0.15) is 0 Å². The first-order valence-electron chi connectivity index (χ1n) is 9.50. The van der Waals surface area contributed by atoms with E-state index in [1.165, 1.54) is 16.3 Å². The predicted octanol–water partition coefficient (Wildman–Crippen LogP) is 4.21. The molecule has 0 bridgehead atoms. The Hall–Kier alpha value is -3.45. The topological polar surface area (TPSA) is 76.9 Å². The van der Waals surface area contributed by atoms with Gasteiger partial charge in [0.25, 0.3) is 5.56 Å². The summed E-state index contributed by atoms with van der Waals surface area (Å²) in [6, 6.07) is 20.1.